The van der Waals surface area contributed by atoms with Crippen LogP contribution in [-0.2, 0) is 9.53 Å². The Bertz CT molecular complexity index is 662. The van der Waals surface area contributed by atoms with Gasteiger partial charge >= 0.3 is 5.97 Å². The van der Waals surface area contributed by atoms with Crippen molar-refractivity contribution < 1.29 is 18.4 Å². The van der Waals surface area contributed by atoms with Gasteiger partial charge in [0.15, 0.2) is 0 Å². The van der Waals surface area contributed by atoms with Gasteiger partial charge < -0.3 is 9.26 Å². The van der Waals surface area contributed by atoms with E-state index >= 15 is 0 Å². The molecule has 2 aromatic rings. The molecule has 1 aliphatic rings. The molecule has 1 aromatic carbocycles. The van der Waals surface area contributed by atoms with Gasteiger partial charge in [-0.3, -0.25) is 9.69 Å². The largest absolute Gasteiger partial charge is 0.465 e. The fourth-order valence-electron chi connectivity index (χ4n) is 2.97. The molecule has 1 aromatic heterocycles. The second-order valence-electron chi connectivity index (χ2n) is 5.56. The summed E-state index contributed by atoms with van der Waals surface area (Å²) >= 11 is 0. The summed E-state index contributed by atoms with van der Waals surface area (Å²) in [4.78, 5) is 13.6. The van der Waals surface area contributed by atoms with Crippen LogP contribution < -0.4 is 0 Å². The minimum absolute atomic E-state index is 0.179. The Hall–Kier alpha value is -1.95. The van der Waals surface area contributed by atoms with Gasteiger partial charge in [0.05, 0.1) is 13.2 Å². The molecule has 22 heavy (non-hydrogen) atoms. The zero-order valence-electron chi connectivity index (χ0n) is 12.5. The van der Waals surface area contributed by atoms with Crippen molar-refractivity contribution in [2.75, 3.05) is 26.2 Å². The number of hydrogen-bond acceptors (Lipinski definition) is 5. The fourth-order valence-corrected chi connectivity index (χ4v) is 2.97. The van der Waals surface area contributed by atoms with Crippen LogP contribution >= 0.6 is 0 Å². The highest BCUT2D eigenvalue weighted by Crippen LogP contribution is 2.33. The Labute approximate surface area is 128 Å². The third-order valence-electron chi connectivity index (χ3n) is 4.08. The van der Waals surface area contributed by atoms with Crippen LogP contribution in [-0.4, -0.2) is 42.3 Å². The number of esters is 1. The van der Waals surface area contributed by atoms with Gasteiger partial charge in [0, 0.05) is 17.4 Å². The average Bonchev–Trinajstić information content (AvgIpc) is 2.91. The van der Waals surface area contributed by atoms with Crippen molar-refractivity contribution in [2.24, 2.45) is 0 Å². The van der Waals surface area contributed by atoms with Crippen molar-refractivity contribution in [1.82, 2.24) is 10.1 Å². The van der Waals surface area contributed by atoms with Crippen molar-refractivity contribution >= 4 is 16.9 Å². The van der Waals surface area contributed by atoms with Crippen LogP contribution in [0.2, 0.25) is 0 Å². The van der Waals surface area contributed by atoms with Crippen LogP contribution in [0.15, 0.2) is 22.7 Å². The van der Waals surface area contributed by atoms with Gasteiger partial charge in [-0.2, -0.15) is 0 Å². The number of hydrogen-bond donors (Lipinski definition) is 0. The van der Waals surface area contributed by atoms with Gasteiger partial charge in [-0.25, -0.2) is 4.39 Å². The average molecular weight is 306 g/mol. The molecule has 1 aliphatic heterocycles. The predicted octanol–water partition coefficient (Wildman–Crippen LogP) is 2.71. The van der Waals surface area contributed by atoms with E-state index in [0.29, 0.717) is 18.7 Å². The van der Waals surface area contributed by atoms with Gasteiger partial charge in [-0.05, 0) is 45.0 Å². The molecule has 0 spiro atoms. The third-order valence-corrected chi connectivity index (χ3v) is 4.08. The van der Waals surface area contributed by atoms with Crippen LogP contribution in [0.5, 0.6) is 0 Å². The van der Waals surface area contributed by atoms with E-state index in [-0.39, 0.29) is 17.7 Å². The van der Waals surface area contributed by atoms with Gasteiger partial charge in [-0.15, -0.1) is 0 Å². The third kappa shape index (κ3) is 3.11. The number of carbonyl (C=O) groups excluding carboxylic acids is 1. The second kappa shape index (κ2) is 6.44. The number of nitrogens with zero attached hydrogens (tertiary/aromatic N) is 2. The highest BCUT2D eigenvalue weighted by molar-refractivity contribution is 5.80. The van der Waals surface area contributed by atoms with Crippen molar-refractivity contribution in [2.45, 2.75) is 25.7 Å². The molecule has 0 radical (unpaired) electrons. The molecule has 5 nitrogen and oxygen atoms in total. The first-order chi connectivity index (χ1) is 10.7. The SMILES string of the molecule is CCOC(=O)CN1CCC(c2onc3cc(F)ccc23)CC1. The topological polar surface area (TPSA) is 55.6 Å². The quantitative estimate of drug-likeness (QED) is 0.813. The Kier molecular flexibility index (Phi) is 4.38. The molecular formula is C16H19FN2O3. The molecule has 0 saturated carbocycles. The monoisotopic (exact) mass is 306 g/mol. The Balaban J connectivity index is 1.64. The molecule has 3 rings (SSSR count). The molecule has 0 amide bonds. The molecular weight excluding hydrogens is 287 g/mol. The van der Waals surface area contributed by atoms with E-state index < -0.39 is 0 Å². The lowest BCUT2D eigenvalue weighted by Gasteiger charge is -2.29. The summed E-state index contributed by atoms with van der Waals surface area (Å²) in [6.07, 6.45) is 1.78. The predicted molar refractivity (Wildman–Crippen MR) is 79.0 cm³/mol. The van der Waals surface area contributed by atoms with E-state index in [2.05, 4.69) is 10.1 Å². The first-order valence-electron chi connectivity index (χ1n) is 7.60. The van der Waals surface area contributed by atoms with E-state index in [0.717, 1.165) is 37.1 Å². The van der Waals surface area contributed by atoms with Crippen LogP contribution in [0.4, 0.5) is 4.39 Å². The van der Waals surface area contributed by atoms with E-state index in [1.165, 1.54) is 12.1 Å². The van der Waals surface area contributed by atoms with Crippen molar-refractivity contribution in [3.63, 3.8) is 0 Å². The molecule has 1 saturated heterocycles. The lowest BCUT2D eigenvalue weighted by Crippen LogP contribution is -2.37. The molecule has 2 heterocycles. The maximum absolute atomic E-state index is 13.2. The summed E-state index contributed by atoms with van der Waals surface area (Å²) in [5.41, 5.74) is 0.559. The summed E-state index contributed by atoms with van der Waals surface area (Å²) in [5, 5.41) is 4.82. The first kappa shape index (κ1) is 15.0. The van der Waals surface area contributed by atoms with Gasteiger partial charge in [0.25, 0.3) is 0 Å². The fraction of sp³-hybridized carbons (Fsp3) is 0.500. The van der Waals surface area contributed by atoms with Crippen molar-refractivity contribution in [3.8, 4) is 0 Å². The number of rotatable bonds is 4. The number of fused-ring (bicyclic) bond motifs is 1. The number of carbonyl (C=O) groups is 1. The maximum Gasteiger partial charge on any atom is 0.320 e. The number of benzene rings is 1. The molecule has 1 fully saturated rings. The molecule has 0 N–H and O–H groups in total. The Morgan fingerprint density at radius 2 is 2.23 bits per heavy atom. The van der Waals surface area contributed by atoms with E-state index in [1.807, 2.05) is 6.92 Å². The molecule has 0 bridgehead atoms. The van der Waals surface area contributed by atoms with Gasteiger partial charge in [0.2, 0.25) is 0 Å². The maximum atomic E-state index is 13.2. The first-order valence-corrected chi connectivity index (χ1v) is 7.60. The highest BCUT2D eigenvalue weighted by Gasteiger charge is 2.26. The van der Waals surface area contributed by atoms with Crippen molar-refractivity contribution in [3.05, 3.63) is 29.8 Å². The van der Waals surface area contributed by atoms with Crippen LogP contribution in [0, 0.1) is 5.82 Å². The number of halogens is 1. The van der Waals surface area contributed by atoms with Crippen molar-refractivity contribution in [1.29, 1.82) is 0 Å². The Morgan fingerprint density at radius 1 is 1.45 bits per heavy atom. The number of piperidine rings is 1. The van der Waals surface area contributed by atoms with E-state index in [9.17, 15) is 9.18 Å². The van der Waals surface area contributed by atoms with E-state index in [4.69, 9.17) is 9.26 Å². The smallest absolute Gasteiger partial charge is 0.320 e. The minimum atomic E-state index is -0.309. The zero-order chi connectivity index (χ0) is 15.5. The summed E-state index contributed by atoms with van der Waals surface area (Å²) in [6.45, 7) is 4.18. The number of aromatic nitrogens is 1. The lowest BCUT2D eigenvalue weighted by molar-refractivity contribution is -0.144. The molecule has 0 unspecified atom stereocenters. The van der Waals surface area contributed by atoms with Gasteiger partial charge in [0.1, 0.15) is 17.1 Å². The summed E-state index contributed by atoms with van der Waals surface area (Å²) in [6, 6.07) is 4.54. The normalized spacial score (nSPS) is 17.0. The van der Waals surface area contributed by atoms with Crippen LogP contribution in [0.25, 0.3) is 10.9 Å². The van der Waals surface area contributed by atoms with Crippen LogP contribution in [0.1, 0.15) is 31.4 Å². The summed E-state index contributed by atoms with van der Waals surface area (Å²) < 4.78 is 23.6. The second-order valence-corrected chi connectivity index (χ2v) is 5.56. The highest BCUT2D eigenvalue weighted by atomic mass is 19.1. The van der Waals surface area contributed by atoms with Crippen LogP contribution in [0.3, 0.4) is 0 Å². The molecule has 0 aliphatic carbocycles. The number of likely N-dealkylation sites (tertiary alicyclic amines) is 1. The lowest BCUT2D eigenvalue weighted by atomic mass is 9.92. The minimum Gasteiger partial charge on any atom is -0.465 e. The molecule has 0 atom stereocenters. The van der Waals surface area contributed by atoms with E-state index in [1.54, 1.807) is 6.07 Å². The van der Waals surface area contributed by atoms with Gasteiger partial charge in [-0.1, -0.05) is 5.16 Å². The summed E-state index contributed by atoms with van der Waals surface area (Å²) in [7, 11) is 0. The molecule has 118 valence electrons. The molecule has 6 heteroatoms. The Morgan fingerprint density at radius 3 is 2.95 bits per heavy atom. The standard InChI is InChI=1S/C16H19FN2O3/c1-2-21-15(20)10-19-7-5-11(6-8-19)16-13-4-3-12(17)9-14(13)18-22-16/h3-4,9,11H,2,5-8,10H2,1H3. The number of ether oxygens (including phenoxy) is 1. The summed E-state index contributed by atoms with van der Waals surface area (Å²) in [5.74, 6) is 0.595. The zero-order valence-corrected chi connectivity index (χ0v) is 12.5.